The first-order chi connectivity index (χ1) is 29.7. The maximum absolute atomic E-state index is 5.39. The first-order valence-corrected chi connectivity index (χ1v) is 23.2. The van der Waals surface area contributed by atoms with Crippen LogP contribution in [0.25, 0.3) is 96.8 Å². The van der Waals surface area contributed by atoms with E-state index in [4.69, 9.17) is 15.0 Å². The van der Waals surface area contributed by atoms with Gasteiger partial charge in [-0.2, -0.15) is 0 Å². The normalized spacial score (nSPS) is 22.4. The Morgan fingerprint density at radius 1 is 0.383 bits per heavy atom. The standard InChI is InChI=1S/C55H39N3S2/c1-2-10-34(11-3-1)52-56-53(35-22-20-33(21-23-35)38-14-8-18-45-48(38)40-13-5-7-17-44(40)59-45)58-54(57-52)41-15-9-19-46-50(41)51-47(60-46)25-24-43-49(51)39-12-4-6-16-42(39)55(43)36-27-31-26-32(29-36)30-37(55)28-31/h1-25,31-32,36-37H,26-30H2. The van der Waals surface area contributed by atoms with Crippen molar-refractivity contribution in [2.75, 3.05) is 0 Å². The zero-order valence-electron chi connectivity index (χ0n) is 32.9. The van der Waals surface area contributed by atoms with Gasteiger partial charge in [-0.15, -0.1) is 22.7 Å². The van der Waals surface area contributed by atoms with Gasteiger partial charge in [0.1, 0.15) is 0 Å². The summed E-state index contributed by atoms with van der Waals surface area (Å²) in [6.45, 7) is 0. The van der Waals surface area contributed by atoms with Gasteiger partial charge in [0.2, 0.25) is 0 Å². The molecule has 5 heteroatoms. The number of rotatable bonds is 4. The Bertz CT molecular complexity index is 3370. The second-order valence-corrected chi connectivity index (χ2v) is 20.1. The summed E-state index contributed by atoms with van der Waals surface area (Å²) in [5, 5.41) is 5.28. The van der Waals surface area contributed by atoms with Gasteiger partial charge in [0.15, 0.2) is 17.5 Å². The third kappa shape index (κ3) is 4.62. The summed E-state index contributed by atoms with van der Waals surface area (Å²) in [5.41, 5.74) is 11.7. The molecule has 0 radical (unpaired) electrons. The summed E-state index contributed by atoms with van der Waals surface area (Å²) in [6, 6.07) is 55.9. The first kappa shape index (κ1) is 33.8. The molecule has 60 heavy (non-hydrogen) atoms. The lowest BCUT2D eigenvalue weighted by Gasteiger charge is -2.61. The molecule has 15 rings (SSSR count). The van der Waals surface area contributed by atoms with Gasteiger partial charge in [-0.1, -0.05) is 127 Å². The highest BCUT2D eigenvalue weighted by atomic mass is 32.1. The molecule has 5 aliphatic rings. The van der Waals surface area contributed by atoms with Gasteiger partial charge in [0, 0.05) is 62.4 Å². The molecule has 1 spiro atoms. The van der Waals surface area contributed by atoms with Crippen LogP contribution in [-0.2, 0) is 5.41 Å². The van der Waals surface area contributed by atoms with Crippen molar-refractivity contribution in [1.29, 1.82) is 0 Å². The monoisotopic (exact) mass is 805 g/mol. The van der Waals surface area contributed by atoms with Crippen molar-refractivity contribution >= 4 is 63.0 Å². The molecule has 0 unspecified atom stereocenters. The molecule has 3 heterocycles. The van der Waals surface area contributed by atoms with E-state index in [1.54, 1.807) is 11.1 Å². The minimum absolute atomic E-state index is 0.117. The van der Waals surface area contributed by atoms with Crippen molar-refractivity contribution in [3.8, 4) is 56.4 Å². The number of fused-ring (bicyclic) bond motifs is 10. The number of thiophene rings is 2. The Labute approximate surface area is 356 Å². The summed E-state index contributed by atoms with van der Waals surface area (Å²) in [4.78, 5) is 15.9. The molecule has 0 saturated heterocycles. The molecule has 3 aromatic heterocycles. The van der Waals surface area contributed by atoms with Crippen molar-refractivity contribution in [2.24, 2.45) is 23.7 Å². The molecule has 5 aliphatic carbocycles. The van der Waals surface area contributed by atoms with Crippen molar-refractivity contribution in [3.63, 3.8) is 0 Å². The smallest absolute Gasteiger partial charge is 0.164 e. The minimum atomic E-state index is 0.117. The predicted octanol–water partition coefficient (Wildman–Crippen LogP) is 15.0. The van der Waals surface area contributed by atoms with E-state index in [0.29, 0.717) is 11.6 Å². The number of aromatic nitrogens is 3. The summed E-state index contributed by atoms with van der Waals surface area (Å²) >= 11 is 3.77. The predicted molar refractivity (Wildman–Crippen MR) is 251 cm³/mol. The zero-order valence-corrected chi connectivity index (χ0v) is 34.6. The van der Waals surface area contributed by atoms with E-state index in [-0.39, 0.29) is 5.41 Å². The number of benzene rings is 7. The van der Waals surface area contributed by atoms with Gasteiger partial charge < -0.3 is 0 Å². The van der Waals surface area contributed by atoms with Crippen molar-refractivity contribution in [1.82, 2.24) is 15.0 Å². The van der Waals surface area contributed by atoms with Crippen LogP contribution in [0.15, 0.2) is 152 Å². The average Bonchev–Trinajstić information content (AvgIpc) is 3.97. The second kappa shape index (κ2) is 12.5. The fourth-order valence-corrected chi connectivity index (χ4v) is 15.2. The van der Waals surface area contributed by atoms with Gasteiger partial charge in [0.25, 0.3) is 0 Å². The molecule has 286 valence electrons. The molecule has 0 aliphatic heterocycles. The van der Waals surface area contributed by atoms with Crippen LogP contribution in [0, 0.1) is 23.7 Å². The molecule has 4 saturated carbocycles. The fraction of sp³-hybridized carbons (Fsp3) is 0.182. The highest BCUT2D eigenvalue weighted by Gasteiger charge is 2.61. The Balaban J connectivity index is 0.965. The van der Waals surface area contributed by atoms with Gasteiger partial charge in [-0.25, -0.2) is 15.0 Å². The van der Waals surface area contributed by atoms with Crippen LogP contribution < -0.4 is 0 Å². The summed E-state index contributed by atoms with van der Waals surface area (Å²) in [5.74, 6) is 5.36. The molecule has 4 fully saturated rings. The zero-order chi connectivity index (χ0) is 39.1. The van der Waals surface area contributed by atoms with E-state index in [0.717, 1.165) is 46.2 Å². The topological polar surface area (TPSA) is 38.7 Å². The van der Waals surface area contributed by atoms with E-state index in [9.17, 15) is 0 Å². The molecule has 7 aromatic carbocycles. The highest BCUT2D eigenvalue weighted by Crippen LogP contribution is 2.70. The maximum atomic E-state index is 5.39. The lowest BCUT2D eigenvalue weighted by Crippen LogP contribution is -2.55. The quantitative estimate of drug-likeness (QED) is 0.178. The Morgan fingerprint density at radius 3 is 1.73 bits per heavy atom. The van der Waals surface area contributed by atoms with Crippen molar-refractivity contribution in [3.05, 3.63) is 163 Å². The van der Waals surface area contributed by atoms with Gasteiger partial charge in [-0.3, -0.25) is 0 Å². The lowest BCUT2D eigenvalue weighted by atomic mass is 9.43. The molecule has 10 aromatic rings. The molecule has 4 bridgehead atoms. The van der Waals surface area contributed by atoms with E-state index in [1.807, 2.05) is 22.7 Å². The van der Waals surface area contributed by atoms with Crippen LogP contribution in [-0.4, -0.2) is 15.0 Å². The average molecular weight is 806 g/mol. The molecular weight excluding hydrogens is 767 g/mol. The van der Waals surface area contributed by atoms with E-state index >= 15 is 0 Å². The lowest BCUT2D eigenvalue weighted by molar-refractivity contribution is -0.0399. The fourth-order valence-electron chi connectivity index (χ4n) is 12.9. The third-order valence-corrected chi connectivity index (χ3v) is 17.2. The number of hydrogen-bond donors (Lipinski definition) is 0. The van der Waals surface area contributed by atoms with Crippen LogP contribution in [0.3, 0.4) is 0 Å². The van der Waals surface area contributed by atoms with Crippen LogP contribution in [0.5, 0.6) is 0 Å². The van der Waals surface area contributed by atoms with Crippen molar-refractivity contribution < 1.29 is 0 Å². The minimum Gasteiger partial charge on any atom is -0.208 e. The summed E-state index contributed by atoms with van der Waals surface area (Å²) in [7, 11) is 0. The highest BCUT2D eigenvalue weighted by molar-refractivity contribution is 7.26. The number of hydrogen-bond acceptors (Lipinski definition) is 5. The number of nitrogens with zero attached hydrogens (tertiary/aromatic N) is 3. The van der Waals surface area contributed by atoms with Crippen LogP contribution in [0.1, 0.15) is 43.2 Å². The third-order valence-electron chi connectivity index (χ3n) is 14.9. The first-order valence-electron chi connectivity index (χ1n) is 21.6. The van der Waals surface area contributed by atoms with Gasteiger partial charge in [-0.05, 0) is 113 Å². The molecule has 0 N–H and O–H groups in total. The van der Waals surface area contributed by atoms with Crippen LogP contribution in [0.4, 0.5) is 0 Å². The SMILES string of the molecule is c1ccc(-c2nc(-c3ccc(-c4cccc5sc6ccccc6c45)cc3)nc(-c3cccc4sc5ccc6c(c5c34)-c3ccccc3C63C4CC5CC(C4)CC3C5)n2)cc1. The van der Waals surface area contributed by atoms with E-state index < -0.39 is 0 Å². The second-order valence-electron chi connectivity index (χ2n) is 17.9. The largest absolute Gasteiger partial charge is 0.208 e. The summed E-state index contributed by atoms with van der Waals surface area (Å²) < 4.78 is 5.25. The van der Waals surface area contributed by atoms with Crippen LogP contribution in [0.2, 0.25) is 0 Å². The van der Waals surface area contributed by atoms with E-state index in [2.05, 4.69) is 152 Å². The maximum Gasteiger partial charge on any atom is 0.164 e. The Hall–Kier alpha value is -6.01. The van der Waals surface area contributed by atoms with Gasteiger partial charge in [0.05, 0.1) is 0 Å². The van der Waals surface area contributed by atoms with Crippen LogP contribution >= 0.6 is 22.7 Å². The molecule has 0 amide bonds. The molecular formula is C55H39N3S2. The van der Waals surface area contributed by atoms with Crippen molar-refractivity contribution in [2.45, 2.75) is 37.5 Å². The summed E-state index contributed by atoms with van der Waals surface area (Å²) in [6.07, 6.45) is 6.98. The van der Waals surface area contributed by atoms with E-state index in [1.165, 1.54) is 94.7 Å². The Morgan fingerprint density at radius 2 is 0.950 bits per heavy atom. The van der Waals surface area contributed by atoms with Gasteiger partial charge >= 0.3 is 0 Å². The molecule has 3 nitrogen and oxygen atoms in total. The molecule has 0 atom stereocenters. The Kier molecular flexibility index (Phi) is 7.04.